The maximum atomic E-state index is 12.0. The Hall–Kier alpha value is -3.32. The number of benzene rings is 2. The van der Waals surface area contributed by atoms with Crippen LogP contribution in [0, 0.1) is 20.2 Å². The van der Waals surface area contributed by atoms with E-state index in [-0.39, 0.29) is 22.9 Å². The van der Waals surface area contributed by atoms with Crippen LogP contribution in [-0.4, -0.2) is 9.85 Å². The summed E-state index contributed by atoms with van der Waals surface area (Å²) in [7, 11) is 0. The van der Waals surface area contributed by atoms with Crippen molar-refractivity contribution in [1.29, 1.82) is 0 Å². The molecule has 0 saturated heterocycles. The summed E-state index contributed by atoms with van der Waals surface area (Å²) >= 11 is -5.06. The number of rotatable bonds is 8. The SMILES string of the molecule is CC1=C(C)[C](C)([Zr]([O]c2ccccc2[N+](=O)[O-])([O]c2ccccc2[N+](=O)[O-])[C]2(C)C=CC(C)=C2C)C=C1. The van der Waals surface area contributed by atoms with Crippen molar-refractivity contribution in [2.75, 3.05) is 0 Å². The first-order valence-corrected chi connectivity index (χ1v) is 16.4. The molecule has 0 amide bonds. The van der Waals surface area contributed by atoms with Crippen LogP contribution in [0.15, 0.2) is 95.1 Å². The molecule has 0 radical (unpaired) electrons. The Bertz CT molecular complexity index is 1320. The molecule has 0 heterocycles. The molecule has 0 aliphatic heterocycles. The molecular weight excluding hydrogens is 552 g/mol. The van der Waals surface area contributed by atoms with Crippen LogP contribution < -0.4 is 5.63 Å². The zero-order valence-electron chi connectivity index (χ0n) is 21.8. The van der Waals surface area contributed by atoms with E-state index in [0.717, 1.165) is 22.3 Å². The van der Waals surface area contributed by atoms with E-state index in [2.05, 4.69) is 12.2 Å². The number of allylic oxidation sites excluding steroid dienone is 8. The normalized spacial score (nSPS) is 23.1. The van der Waals surface area contributed by atoms with Crippen molar-refractivity contribution >= 4 is 11.4 Å². The molecule has 2 aliphatic rings. The van der Waals surface area contributed by atoms with Gasteiger partial charge < -0.3 is 0 Å². The van der Waals surface area contributed by atoms with Crippen LogP contribution >= 0.6 is 0 Å². The van der Waals surface area contributed by atoms with E-state index in [4.69, 9.17) is 5.63 Å². The molecule has 0 N–H and O–H groups in total. The van der Waals surface area contributed by atoms with Crippen molar-refractivity contribution in [1.82, 2.24) is 0 Å². The summed E-state index contributed by atoms with van der Waals surface area (Å²) in [5, 5.41) is 24.0. The van der Waals surface area contributed by atoms with Gasteiger partial charge in [0.15, 0.2) is 0 Å². The molecule has 37 heavy (non-hydrogen) atoms. The van der Waals surface area contributed by atoms with Gasteiger partial charge in [-0.2, -0.15) is 0 Å². The first-order valence-electron chi connectivity index (χ1n) is 12.0. The third-order valence-electron chi connectivity index (χ3n) is 8.07. The molecule has 8 nitrogen and oxygen atoms in total. The molecule has 4 rings (SSSR count). The summed E-state index contributed by atoms with van der Waals surface area (Å²) in [4.78, 5) is 23.1. The second-order valence-corrected chi connectivity index (χ2v) is 19.1. The van der Waals surface area contributed by atoms with Crippen molar-refractivity contribution in [2.45, 2.75) is 47.8 Å². The number of nitro groups is 2. The van der Waals surface area contributed by atoms with E-state index in [0.29, 0.717) is 0 Å². The minimum absolute atomic E-state index is 0.0980. The zero-order valence-corrected chi connectivity index (χ0v) is 24.2. The Balaban J connectivity index is 2.11. The average molecular weight is 582 g/mol. The van der Waals surface area contributed by atoms with Gasteiger partial charge in [-0.1, -0.05) is 0 Å². The van der Waals surface area contributed by atoms with Crippen LogP contribution in [0.4, 0.5) is 11.4 Å². The van der Waals surface area contributed by atoms with Gasteiger partial charge in [0, 0.05) is 0 Å². The van der Waals surface area contributed by atoms with E-state index in [1.54, 1.807) is 36.4 Å². The van der Waals surface area contributed by atoms with Crippen molar-refractivity contribution < 1.29 is 36.6 Å². The Labute approximate surface area is 221 Å². The van der Waals surface area contributed by atoms with E-state index in [1.165, 1.54) is 12.1 Å². The molecule has 2 unspecified atom stereocenters. The van der Waals surface area contributed by atoms with Gasteiger partial charge in [-0.25, -0.2) is 0 Å². The summed E-state index contributed by atoms with van der Waals surface area (Å²) in [5.74, 6) is 0.196. The summed E-state index contributed by atoms with van der Waals surface area (Å²) < 4.78 is 12.5. The Morgan fingerprint density at radius 3 is 1.32 bits per heavy atom. The predicted molar refractivity (Wildman–Crippen MR) is 139 cm³/mol. The number of nitrogens with zero attached hydrogens (tertiary/aromatic N) is 2. The number of nitro benzene ring substituents is 2. The second-order valence-electron chi connectivity index (χ2n) is 9.96. The second kappa shape index (κ2) is 9.53. The van der Waals surface area contributed by atoms with Crippen LogP contribution in [0.3, 0.4) is 0 Å². The molecule has 2 aliphatic carbocycles. The summed E-state index contributed by atoms with van der Waals surface area (Å²) in [5.41, 5.74) is 3.78. The molecule has 0 spiro atoms. The van der Waals surface area contributed by atoms with Crippen LogP contribution in [0.1, 0.15) is 41.5 Å². The quantitative estimate of drug-likeness (QED) is 0.230. The maximum absolute atomic E-state index is 12.0. The van der Waals surface area contributed by atoms with Gasteiger partial charge in [0.2, 0.25) is 0 Å². The van der Waals surface area contributed by atoms with Gasteiger partial charge in [-0.15, -0.1) is 0 Å². The van der Waals surface area contributed by atoms with E-state index in [1.807, 2.05) is 53.7 Å². The fourth-order valence-corrected chi connectivity index (χ4v) is 17.4. The Kier molecular flexibility index (Phi) is 6.88. The van der Waals surface area contributed by atoms with Crippen molar-refractivity contribution in [2.24, 2.45) is 0 Å². The van der Waals surface area contributed by atoms with E-state index >= 15 is 0 Å². The third kappa shape index (κ3) is 4.09. The van der Waals surface area contributed by atoms with Gasteiger partial charge >= 0.3 is 223 Å². The fourth-order valence-electron chi connectivity index (χ4n) is 5.30. The van der Waals surface area contributed by atoms with Gasteiger partial charge in [0.1, 0.15) is 0 Å². The van der Waals surface area contributed by atoms with Gasteiger partial charge in [0.05, 0.1) is 0 Å². The molecule has 9 heteroatoms. The molecule has 0 fully saturated rings. The molecule has 0 saturated carbocycles. The molecule has 2 aromatic carbocycles. The summed E-state index contributed by atoms with van der Waals surface area (Å²) in [6.07, 6.45) is 8.13. The number of hydrogen-bond donors (Lipinski definition) is 0. The molecule has 2 atom stereocenters. The molecule has 192 valence electrons. The van der Waals surface area contributed by atoms with Crippen LogP contribution in [0.2, 0.25) is 6.25 Å². The van der Waals surface area contributed by atoms with Gasteiger partial charge in [-0.05, 0) is 0 Å². The Morgan fingerprint density at radius 2 is 1.03 bits per heavy atom. The van der Waals surface area contributed by atoms with Crippen molar-refractivity contribution in [3.63, 3.8) is 0 Å². The zero-order chi connectivity index (χ0) is 27.2. The van der Waals surface area contributed by atoms with E-state index in [9.17, 15) is 20.2 Å². The molecule has 0 bridgehead atoms. The number of hydrogen-bond acceptors (Lipinski definition) is 6. The predicted octanol–water partition coefficient (Wildman–Crippen LogP) is 8.11. The molecular formula is C28H30N2O6Zr. The number of para-hydroxylation sites is 4. The van der Waals surface area contributed by atoms with Crippen LogP contribution in [-0.2, 0) is 21.1 Å². The first kappa shape index (κ1) is 26.7. The summed E-state index contributed by atoms with van der Waals surface area (Å²) in [6.45, 7) is 12.1. The van der Waals surface area contributed by atoms with Gasteiger partial charge in [-0.3, -0.25) is 0 Å². The first-order chi connectivity index (χ1) is 17.4. The fraction of sp³-hybridized carbons (Fsp3) is 0.286. The average Bonchev–Trinajstić information content (AvgIpc) is 3.30. The topological polar surface area (TPSA) is 105 Å². The molecule has 0 aromatic heterocycles. The molecule has 2 aromatic rings. The van der Waals surface area contributed by atoms with Crippen molar-refractivity contribution in [3.8, 4) is 11.5 Å². The minimum atomic E-state index is -5.06. The van der Waals surface area contributed by atoms with Crippen molar-refractivity contribution in [3.05, 3.63) is 115 Å². The summed E-state index contributed by atoms with van der Waals surface area (Å²) in [6, 6.07) is 12.5. The van der Waals surface area contributed by atoms with Crippen LogP contribution in [0.25, 0.3) is 0 Å². The van der Waals surface area contributed by atoms with Gasteiger partial charge in [0.25, 0.3) is 0 Å². The van der Waals surface area contributed by atoms with Crippen LogP contribution in [0.5, 0.6) is 11.5 Å². The Morgan fingerprint density at radius 1 is 0.676 bits per heavy atom. The standard InChI is InChI=1S/2C8H11.2C6H5NO3.Zr/c2*1-6-4-5-7(2)8(6)3;2*8-6-4-2-1-3-5(6)7(9)10;/h2*4-5H,1-3H3;2*1-4,8H;/q;;;;+2/p-2. The monoisotopic (exact) mass is 580 g/mol. The third-order valence-corrected chi connectivity index (χ3v) is 20.0. The van der Waals surface area contributed by atoms with E-state index < -0.39 is 37.2 Å².